The number of pyridine rings is 1. The minimum absolute atomic E-state index is 0.150. The average Bonchev–Trinajstić information content (AvgIpc) is 3.21. The van der Waals surface area contributed by atoms with Crippen LogP contribution >= 0.6 is 11.3 Å². The van der Waals surface area contributed by atoms with Crippen molar-refractivity contribution in [2.75, 3.05) is 18.5 Å². The topological polar surface area (TPSA) is 150 Å². The van der Waals surface area contributed by atoms with E-state index in [-0.39, 0.29) is 23.7 Å². The molecule has 0 spiro atoms. The summed E-state index contributed by atoms with van der Waals surface area (Å²) in [7, 11) is 0. The molecule has 0 fully saturated rings. The van der Waals surface area contributed by atoms with E-state index in [9.17, 15) is 14.4 Å². The molecule has 0 aliphatic carbocycles. The summed E-state index contributed by atoms with van der Waals surface area (Å²) in [6, 6.07) is 11.7. The van der Waals surface area contributed by atoms with Crippen LogP contribution in [0.2, 0.25) is 0 Å². The molecule has 0 bridgehead atoms. The highest BCUT2D eigenvalue weighted by molar-refractivity contribution is 7.20. The lowest BCUT2D eigenvalue weighted by Crippen LogP contribution is -2.38. The smallest absolute Gasteiger partial charge is 0.410 e. The van der Waals surface area contributed by atoms with Crippen molar-refractivity contribution in [3.63, 3.8) is 0 Å². The zero-order chi connectivity index (χ0) is 26.3. The Kier molecular flexibility index (Phi) is 8.49. The number of urea groups is 1. The maximum atomic E-state index is 12.8. The Hall–Kier alpha value is -4.12. The van der Waals surface area contributed by atoms with Gasteiger partial charge < -0.3 is 25.8 Å². The van der Waals surface area contributed by atoms with Crippen LogP contribution in [-0.4, -0.2) is 46.7 Å². The third-order valence-corrected chi connectivity index (χ3v) is 5.86. The molecule has 5 N–H and O–H groups in total. The number of rotatable bonds is 9. The van der Waals surface area contributed by atoms with Crippen molar-refractivity contribution in [3.8, 4) is 16.2 Å². The van der Waals surface area contributed by atoms with Crippen LogP contribution in [0.4, 0.5) is 14.6 Å². The fourth-order valence-corrected chi connectivity index (χ4v) is 4.34. The second-order valence-corrected chi connectivity index (χ2v) is 9.86. The molecule has 0 unspecified atom stereocenters. The number of anilines is 1. The molecule has 0 saturated carbocycles. The summed E-state index contributed by atoms with van der Waals surface area (Å²) in [5.41, 5.74) is 11.8. The molecule has 3 aromatic rings. The number of carbonyl (C=O) groups excluding carboxylic acids is 3. The molecular weight excluding hydrogens is 482 g/mol. The second kappa shape index (κ2) is 11.5. The van der Waals surface area contributed by atoms with E-state index in [0.29, 0.717) is 22.7 Å². The van der Waals surface area contributed by atoms with Crippen molar-refractivity contribution in [1.82, 2.24) is 9.88 Å². The third kappa shape index (κ3) is 7.44. The summed E-state index contributed by atoms with van der Waals surface area (Å²) in [6.45, 7) is 6.21. The maximum Gasteiger partial charge on any atom is 0.410 e. The van der Waals surface area contributed by atoms with Gasteiger partial charge in [0.1, 0.15) is 23.0 Å². The van der Waals surface area contributed by atoms with E-state index in [1.165, 1.54) is 0 Å². The van der Waals surface area contributed by atoms with Crippen LogP contribution in [0.1, 0.15) is 36.7 Å². The van der Waals surface area contributed by atoms with Gasteiger partial charge in [-0.1, -0.05) is 12.1 Å². The van der Waals surface area contributed by atoms with E-state index in [4.69, 9.17) is 20.9 Å². The van der Waals surface area contributed by atoms with Gasteiger partial charge in [0.15, 0.2) is 0 Å². The first-order valence-corrected chi connectivity index (χ1v) is 11.9. The number of ether oxygens (including phenoxy) is 2. The predicted octanol–water partition coefficient (Wildman–Crippen LogP) is 4.22. The van der Waals surface area contributed by atoms with Crippen molar-refractivity contribution in [2.24, 2.45) is 11.5 Å². The number of aromatic nitrogens is 1. The summed E-state index contributed by atoms with van der Waals surface area (Å²) in [5, 5.41) is 2.69. The highest BCUT2D eigenvalue weighted by Gasteiger charge is 2.23. The summed E-state index contributed by atoms with van der Waals surface area (Å²) in [5.74, 6) is -0.155. The van der Waals surface area contributed by atoms with Gasteiger partial charge in [0.2, 0.25) is 0 Å². The Morgan fingerprint density at radius 2 is 1.78 bits per heavy atom. The Morgan fingerprint density at radius 3 is 2.42 bits per heavy atom. The van der Waals surface area contributed by atoms with Gasteiger partial charge in [-0.15, -0.1) is 11.3 Å². The predicted molar refractivity (Wildman–Crippen MR) is 138 cm³/mol. The number of primary amides is 2. The van der Waals surface area contributed by atoms with Gasteiger partial charge in [-0.25, -0.2) is 9.59 Å². The minimum atomic E-state index is -0.799. The Balaban J connectivity index is 1.78. The number of hydrogen-bond acceptors (Lipinski definition) is 7. The standard InChI is InChI=1S/C25H29N5O5S/c1-25(2,3)35-24(33)30(15-16-8-10-28-11-9-16)12-13-34-19-7-5-4-6-17(19)20-14-18(21(26)31)22(36-20)29-23(27)32/h4-11,14H,12-13,15H2,1-3H3,(H2,26,31)(H3,27,29,32). The third-order valence-electron chi connectivity index (χ3n) is 4.78. The molecule has 11 heteroatoms. The lowest BCUT2D eigenvalue weighted by Gasteiger charge is -2.27. The summed E-state index contributed by atoms with van der Waals surface area (Å²) in [4.78, 5) is 42.2. The van der Waals surface area contributed by atoms with Crippen molar-refractivity contribution in [2.45, 2.75) is 32.9 Å². The van der Waals surface area contributed by atoms with E-state index >= 15 is 0 Å². The molecule has 0 saturated heterocycles. The Morgan fingerprint density at radius 1 is 1.08 bits per heavy atom. The highest BCUT2D eigenvalue weighted by Crippen LogP contribution is 2.39. The Bertz CT molecular complexity index is 1220. The highest BCUT2D eigenvalue weighted by atomic mass is 32.1. The van der Waals surface area contributed by atoms with Gasteiger partial charge >= 0.3 is 12.1 Å². The largest absolute Gasteiger partial charge is 0.491 e. The molecule has 2 aromatic heterocycles. The van der Waals surface area contributed by atoms with Crippen LogP contribution < -0.4 is 21.5 Å². The fraction of sp³-hybridized carbons (Fsp3) is 0.280. The number of benzene rings is 1. The zero-order valence-electron chi connectivity index (χ0n) is 20.3. The quantitative estimate of drug-likeness (QED) is 0.391. The van der Waals surface area contributed by atoms with Crippen molar-refractivity contribution >= 4 is 34.4 Å². The first kappa shape index (κ1) is 26.5. The number of nitrogens with one attached hydrogen (secondary N) is 1. The summed E-state index contributed by atoms with van der Waals surface area (Å²) < 4.78 is 11.6. The number of thiophene rings is 1. The molecule has 10 nitrogen and oxygen atoms in total. The van der Waals surface area contributed by atoms with Crippen molar-refractivity contribution in [3.05, 3.63) is 66.0 Å². The van der Waals surface area contributed by atoms with Crippen LogP contribution in [-0.2, 0) is 11.3 Å². The number of nitrogens with zero attached hydrogens (tertiary/aromatic N) is 2. The zero-order valence-corrected chi connectivity index (χ0v) is 21.1. The SMILES string of the molecule is CC(C)(C)OC(=O)N(CCOc1ccccc1-c1cc(C(N)=O)c(NC(N)=O)s1)Cc1ccncc1. The van der Waals surface area contributed by atoms with Crippen LogP contribution in [0, 0.1) is 0 Å². The molecule has 36 heavy (non-hydrogen) atoms. The number of hydrogen-bond donors (Lipinski definition) is 3. The molecule has 0 radical (unpaired) electrons. The van der Waals surface area contributed by atoms with Crippen LogP contribution in [0.25, 0.3) is 10.4 Å². The molecule has 2 heterocycles. The molecule has 190 valence electrons. The van der Waals surface area contributed by atoms with Gasteiger partial charge in [0, 0.05) is 29.4 Å². The first-order chi connectivity index (χ1) is 17.0. The molecule has 0 atom stereocenters. The number of amides is 4. The number of carbonyl (C=O) groups is 3. The van der Waals surface area contributed by atoms with Crippen molar-refractivity contribution < 1.29 is 23.9 Å². The maximum absolute atomic E-state index is 12.8. The normalized spacial score (nSPS) is 11.0. The molecule has 0 aliphatic heterocycles. The number of nitrogens with two attached hydrogens (primary N) is 2. The molecule has 1 aromatic carbocycles. The van der Waals surface area contributed by atoms with Gasteiger partial charge in [0.25, 0.3) is 5.91 Å². The monoisotopic (exact) mass is 511 g/mol. The van der Waals surface area contributed by atoms with Gasteiger partial charge in [-0.05, 0) is 56.7 Å². The lowest BCUT2D eigenvalue weighted by molar-refractivity contribution is 0.0209. The van der Waals surface area contributed by atoms with E-state index in [2.05, 4.69) is 10.3 Å². The number of para-hydroxylation sites is 1. The minimum Gasteiger partial charge on any atom is -0.491 e. The van der Waals surface area contributed by atoms with Crippen LogP contribution in [0.3, 0.4) is 0 Å². The lowest BCUT2D eigenvalue weighted by atomic mass is 10.1. The van der Waals surface area contributed by atoms with Gasteiger partial charge in [0.05, 0.1) is 12.1 Å². The van der Waals surface area contributed by atoms with E-state index < -0.39 is 23.6 Å². The van der Waals surface area contributed by atoms with Crippen LogP contribution in [0.15, 0.2) is 54.9 Å². The second-order valence-electron chi connectivity index (χ2n) is 8.81. The van der Waals surface area contributed by atoms with Crippen molar-refractivity contribution in [1.29, 1.82) is 0 Å². The summed E-state index contributed by atoms with van der Waals surface area (Å²) >= 11 is 1.15. The van der Waals surface area contributed by atoms with E-state index in [1.54, 1.807) is 29.4 Å². The fourth-order valence-electron chi connectivity index (χ4n) is 3.24. The molecule has 3 rings (SSSR count). The summed E-state index contributed by atoms with van der Waals surface area (Å²) in [6.07, 6.45) is 2.87. The van der Waals surface area contributed by atoms with Crippen LogP contribution in [0.5, 0.6) is 5.75 Å². The first-order valence-electron chi connectivity index (χ1n) is 11.1. The van der Waals surface area contributed by atoms with Gasteiger partial charge in [-0.3, -0.25) is 15.1 Å². The average molecular weight is 512 g/mol. The molecule has 0 aliphatic rings. The Labute approximate surface area is 213 Å². The molecular formula is C25H29N5O5S. The van der Waals surface area contributed by atoms with Gasteiger partial charge in [-0.2, -0.15) is 0 Å². The molecule has 4 amide bonds. The van der Waals surface area contributed by atoms with E-state index in [0.717, 1.165) is 16.9 Å². The van der Waals surface area contributed by atoms with E-state index in [1.807, 2.05) is 51.1 Å².